The minimum atomic E-state index is 0.0345. The van der Waals surface area contributed by atoms with Gasteiger partial charge >= 0.3 is 0 Å². The van der Waals surface area contributed by atoms with Crippen molar-refractivity contribution in [2.24, 2.45) is 5.92 Å². The first-order valence-electron chi connectivity index (χ1n) is 8.75. The van der Waals surface area contributed by atoms with Crippen LogP contribution in [-0.2, 0) is 17.9 Å². The zero-order valence-corrected chi connectivity index (χ0v) is 14.9. The van der Waals surface area contributed by atoms with Crippen molar-refractivity contribution >= 4 is 5.91 Å². The lowest BCUT2D eigenvalue weighted by atomic mass is 9.93. The first-order valence-corrected chi connectivity index (χ1v) is 8.75. The molecule has 0 aliphatic carbocycles. The Balaban J connectivity index is 1.52. The highest BCUT2D eigenvalue weighted by atomic mass is 16.5. The molecule has 3 fully saturated rings. The minimum absolute atomic E-state index is 0.0345. The number of aryl methyl sites for hydroxylation is 3. The molecule has 5 rings (SSSR count). The van der Waals surface area contributed by atoms with E-state index in [0.717, 1.165) is 42.9 Å². The smallest absolute Gasteiger partial charge is 0.227 e. The molecule has 0 unspecified atom stereocenters. The van der Waals surface area contributed by atoms with Gasteiger partial charge in [-0.15, -0.1) is 0 Å². The lowest BCUT2D eigenvalue weighted by molar-refractivity contribution is -0.140. The molecule has 2 aromatic rings. The fourth-order valence-electron chi connectivity index (χ4n) is 3.97. The number of hydrogen-bond donors (Lipinski definition) is 0. The summed E-state index contributed by atoms with van der Waals surface area (Å²) in [5, 5.41) is 8.00. The maximum absolute atomic E-state index is 13.0. The van der Waals surface area contributed by atoms with Crippen molar-refractivity contribution < 1.29 is 13.8 Å². The van der Waals surface area contributed by atoms with Crippen LogP contribution in [0, 0.1) is 26.7 Å². The Bertz CT molecular complexity index is 764. The minimum Gasteiger partial charge on any atom is -0.361 e. The van der Waals surface area contributed by atoms with E-state index >= 15 is 0 Å². The molecule has 0 saturated carbocycles. The van der Waals surface area contributed by atoms with Crippen molar-refractivity contribution in [2.45, 2.75) is 52.7 Å². The van der Waals surface area contributed by atoms with Gasteiger partial charge in [-0.1, -0.05) is 10.3 Å². The molecule has 25 heavy (non-hydrogen) atoms. The number of aromatic nitrogens is 3. The first-order chi connectivity index (χ1) is 12.0. The summed E-state index contributed by atoms with van der Waals surface area (Å²) in [5.74, 6) is 2.33. The molecule has 0 aromatic carbocycles. The molecule has 2 aromatic heterocycles. The highest BCUT2D eigenvalue weighted by Gasteiger charge is 2.41. The van der Waals surface area contributed by atoms with Gasteiger partial charge in [0.2, 0.25) is 11.8 Å². The Morgan fingerprint density at radius 3 is 2.60 bits per heavy atom. The molecule has 3 aliphatic heterocycles. The van der Waals surface area contributed by atoms with Gasteiger partial charge in [-0.2, -0.15) is 4.98 Å². The van der Waals surface area contributed by atoms with Crippen LogP contribution >= 0.6 is 0 Å². The SMILES string of the molecule is Cc1nc(CN2C[C@H]3CC[C@@H](C2)N(Cc2c(C)noc2C)C3=O)no1. The third-order valence-corrected chi connectivity index (χ3v) is 5.31. The lowest BCUT2D eigenvalue weighted by Crippen LogP contribution is -2.47. The average Bonchev–Trinajstić information content (AvgIpc) is 3.00. The van der Waals surface area contributed by atoms with Crippen LogP contribution < -0.4 is 0 Å². The Labute approximate surface area is 146 Å². The van der Waals surface area contributed by atoms with Gasteiger partial charge in [0.05, 0.1) is 24.7 Å². The molecule has 8 heteroatoms. The topological polar surface area (TPSA) is 88.5 Å². The highest BCUT2D eigenvalue weighted by molar-refractivity contribution is 5.80. The molecule has 0 radical (unpaired) electrons. The summed E-state index contributed by atoms with van der Waals surface area (Å²) in [6.07, 6.45) is 1.98. The van der Waals surface area contributed by atoms with Crippen molar-refractivity contribution in [1.82, 2.24) is 25.1 Å². The average molecular weight is 345 g/mol. The van der Waals surface area contributed by atoms with E-state index in [1.54, 1.807) is 6.92 Å². The second-order valence-electron chi connectivity index (χ2n) is 7.12. The largest absolute Gasteiger partial charge is 0.361 e. The van der Waals surface area contributed by atoms with E-state index in [-0.39, 0.29) is 17.9 Å². The standard InChI is InChI=1S/C17H23N5O3/c1-10-15(11(2)24-19-10)8-22-14-5-4-13(17(22)23)6-21(7-14)9-16-18-12(3)25-20-16/h13-14H,4-9H2,1-3H3/t13-,14+/m1/s1. The normalized spacial score (nSPS) is 24.1. The van der Waals surface area contributed by atoms with Crippen molar-refractivity contribution in [3.8, 4) is 0 Å². The number of carbonyl (C=O) groups is 1. The summed E-state index contributed by atoms with van der Waals surface area (Å²) in [7, 11) is 0. The molecular weight excluding hydrogens is 322 g/mol. The van der Waals surface area contributed by atoms with E-state index < -0.39 is 0 Å². The fraction of sp³-hybridized carbons (Fsp3) is 0.647. The number of carbonyl (C=O) groups excluding carboxylic acids is 1. The zero-order chi connectivity index (χ0) is 17.6. The summed E-state index contributed by atoms with van der Waals surface area (Å²) < 4.78 is 10.3. The van der Waals surface area contributed by atoms with Crippen LogP contribution in [0.25, 0.3) is 0 Å². The molecule has 0 N–H and O–H groups in total. The van der Waals surface area contributed by atoms with E-state index in [4.69, 9.17) is 9.05 Å². The Kier molecular flexibility index (Phi) is 4.07. The van der Waals surface area contributed by atoms with Crippen LogP contribution in [0.1, 0.15) is 41.6 Å². The van der Waals surface area contributed by atoms with Gasteiger partial charge in [-0.25, -0.2) is 0 Å². The van der Waals surface area contributed by atoms with Crippen LogP contribution in [0.2, 0.25) is 0 Å². The molecule has 5 heterocycles. The third kappa shape index (κ3) is 3.06. The Morgan fingerprint density at radius 1 is 1.08 bits per heavy atom. The molecule has 8 nitrogen and oxygen atoms in total. The second kappa shape index (κ2) is 6.25. The fourth-order valence-corrected chi connectivity index (χ4v) is 3.97. The van der Waals surface area contributed by atoms with Gasteiger partial charge in [-0.3, -0.25) is 9.69 Å². The molecular formula is C17H23N5O3. The molecule has 134 valence electrons. The first kappa shape index (κ1) is 16.3. The Morgan fingerprint density at radius 2 is 1.92 bits per heavy atom. The summed E-state index contributed by atoms with van der Waals surface area (Å²) in [6.45, 7) is 8.41. The molecule has 0 spiro atoms. The zero-order valence-electron chi connectivity index (χ0n) is 14.9. The number of rotatable bonds is 4. The van der Waals surface area contributed by atoms with Gasteiger partial charge in [0.15, 0.2) is 5.82 Å². The second-order valence-corrected chi connectivity index (χ2v) is 7.12. The third-order valence-electron chi connectivity index (χ3n) is 5.31. The van der Waals surface area contributed by atoms with Crippen LogP contribution in [0.3, 0.4) is 0 Å². The van der Waals surface area contributed by atoms with Gasteiger partial charge in [0.25, 0.3) is 0 Å². The van der Waals surface area contributed by atoms with E-state index in [1.165, 1.54) is 0 Å². The van der Waals surface area contributed by atoms with Crippen molar-refractivity contribution in [3.05, 3.63) is 28.7 Å². The number of nitrogens with zero attached hydrogens (tertiary/aromatic N) is 5. The van der Waals surface area contributed by atoms with Crippen LogP contribution in [0.5, 0.6) is 0 Å². The van der Waals surface area contributed by atoms with Gasteiger partial charge in [0.1, 0.15) is 5.76 Å². The van der Waals surface area contributed by atoms with Crippen LogP contribution in [0.15, 0.2) is 9.05 Å². The summed E-state index contributed by atoms with van der Waals surface area (Å²) in [6, 6.07) is 0.202. The highest BCUT2D eigenvalue weighted by Crippen LogP contribution is 2.31. The van der Waals surface area contributed by atoms with Gasteiger partial charge in [0, 0.05) is 31.6 Å². The molecule has 3 saturated heterocycles. The molecule has 3 aliphatic rings. The number of amides is 1. The van der Waals surface area contributed by atoms with Gasteiger partial charge < -0.3 is 13.9 Å². The van der Waals surface area contributed by atoms with E-state index in [9.17, 15) is 4.79 Å². The van der Waals surface area contributed by atoms with Crippen LogP contribution in [0.4, 0.5) is 0 Å². The van der Waals surface area contributed by atoms with Gasteiger partial charge in [-0.05, 0) is 26.7 Å². The van der Waals surface area contributed by atoms with E-state index in [2.05, 4.69) is 20.2 Å². The molecule has 1 amide bonds. The number of hydrogen-bond acceptors (Lipinski definition) is 7. The van der Waals surface area contributed by atoms with Crippen molar-refractivity contribution in [3.63, 3.8) is 0 Å². The Hall–Kier alpha value is -2.22. The quantitative estimate of drug-likeness (QED) is 0.831. The molecule has 2 bridgehead atoms. The van der Waals surface area contributed by atoms with Crippen molar-refractivity contribution in [1.29, 1.82) is 0 Å². The maximum atomic E-state index is 13.0. The predicted octanol–water partition coefficient (Wildman–Crippen LogP) is 1.61. The van der Waals surface area contributed by atoms with Crippen molar-refractivity contribution in [2.75, 3.05) is 13.1 Å². The van der Waals surface area contributed by atoms with Crippen LogP contribution in [-0.4, -0.2) is 50.1 Å². The maximum Gasteiger partial charge on any atom is 0.227 e. The van der Waals surface area contributed by atoms with E-state index in [1.807, 2.05) is 18.7 Å². The summed E-state index contributed by atoms with van der Waals surface area (Å²) in [4.78, 5) is 21.5. The molecule has 2 atom stereocenters. The predicted molar refractivity (Wildman–Crippen MR) is 87.4 cm³/mol. The number of piperidine rings is 1. The summed E-state index contributed by atoms with van der Waals surface area (Å²) >= 11 is 0. The lowest BCUT2D eigenvalue weighted by Gasteiger charge is -2.36. The van der Waals surface area contributed by atoms with E-state index in [0.29, 0.717) is 24.8 Å². The monoisotopic (exact) mass is 345 g/mol. The summed E-state index contributed by atoms with van der Waals surface area (Å²) in [5.41, 5.74) is 1.89. The number of fused-ring (bicyclic) bond motifs is 4.